The Bertz CT molecular complexity index is 433. The Balaban J connectivity index is 2.81. The second-order valence-corrected chi connectivity index (χ2v) is 5.13. The highest BCUT2D eigenvalue weighted by molar-refractivity contribution is 9.10. The summed E-state index contributed by atoms with van der Waals surface area (Å²) in [4.78, 5) is 11.3. The molecule has 2 N–H and O–H groups in total. The van der Waals surface area contributed by atoms with Gasteiger partial charge < -0.3 is 14.9 Å². The van der Waals surface area contributed by atoms with Crippen LogP contribution in [0.25, 0.3) is 0 Å². The number of carbonyl (C=O) groups is 1. The summed E-state index contributed by atoms with van der Waals surface area (Å²) in [6.07, 6.45) is -1.73. The number of hydrogen-bond acceptors (Lipinski definition) is 4. The largest absolute Gasteiger partial charge is 0.466 e. The summed E-state index contributed by atoms with van der Waals surface area (Å²) in [5.74, 6) is -0.510. The second-order valence-electron chi connectivity index (χ2n) is 4.22. The van der Waals surface area contributed by atoms with E-state index in [-0.39, 0.29) is 13.0 Å². The summed E-state index contributed by atoms with van der Waals surface area (Å²) in [6.45, 7) is 3.93. The Morgan fingerprint density at radius 2 is 2.05 bits per heavy atom. The van der Waals surface area contributed by atoms with Crippen LogP contribution in [0.15, 0.2) is 22.7 Å². The van der Waals surface area contributed by atoms with E-state index in [4.69, 9.17) is 4.74 Å². The van der Waals surface area contributed by atoms with Gasteiger partial charge in [0, 0.05) is 4.47 Å². The molecular formula is C14H19BrO4. The van der Waals surface area contributed by atoms with Crippen LogP contribution in [-0.4, -0.2) is 28.9 Å². The van der Waals surface area contributed by atoms with Crippen LogP contribution in [0.2, 0.25) is 0 Å². The average Bonchev–Trinajstić information content (AvgIpc) is 2.37. The molecule has 1 aromatic rings. The van der Waals surface area contributed by atoms with Gasteiger partial charge in [0.25, 0.3) is 0 Å². The zero-order valence-corrected chi connectivity index (χ0v) is 12.7. The van der Waals surface area contributed by atoms with Crippen LogP contribution in [-0.2, 0) is 16.0 Å². The fourth-order valence-corrected chi connectivity index (χ4v) is 2.29. The van der Waals surface area contributed by atoms with Crippen LogP contribution in [0.3, 0.4) is 0 Å². The highest BCUT2D eigenvalue weighted by atomic mass is 79.9. The zero-order chi connectivity index (χ0) is 14.4. The summed E-state index contributed by atoms with van der Waals surface area (Å²) in [5.41, 5.74) is 1.58. The number of rotatable bonds is 6. The van der Waals surface area contributed by atoms with Crippen molar-refractivity contribution in [2.75, 3.05) is 6.61 Å². The van der Waals surface area contributed by atoms with E-state index in [9.17, 15) is 15.0 Å². The fourth-order valence-electron chi connectivity index (χ4n) is 1.88. The number of esters is 1. The van der Waals surface area contributed by atoms with E-state index in [0.29, 0.717) is 5.56 Å². The maximum atomic E-state index is 11.3. The number of carbonyl (C=O) groups excluding carboxylic acids is 1. The van der Waals surface area contributed by atoms with Gasteiger partial charge in [-0.15, -0.1) is 0 Å². The minimum atomic E-state index is -1.16. The Morgan fingerprint density at radius 1 is 1.37 bits per heavy atom. The number of aliphatic hydroxyl groups excluding tert-OH is 2. The van der Waals surface area contributed by atoms with Gasteiger partial charge in [-0.05, 0) is 36.6 Å². The SMILES string of the molecule is CCOC(=O)CC(O)C(O)c1ccc(Br)cc1CC. The lowest BCUT2D eigenvalue weighted by molar-refractivity contribution is -0.147. The molecule has 0 radical (unpaired) electrons. The standard InChI is InChI=1S/C14H19BrO4/c1-3-9-7-10(15)5-6-11(9)14(18)12(16)8-13(17)19-4-2/h5-7,12,14,16,18H,3-4,8H2,1-2H3. The molecule has 0 aromatic heterocycles. The molecule has 0 amide bonds. The van der Waals surface area contributed by atoms with Crippen LogP contribution in [0, 0.1) is 0 Å². The summed E-state index contributed by atoms with van der Waals surface area (Å²) in [7, 11) is 0. The first-order valence-electron chi connectivity index (χ1n) is 6.29. The molecule has 2 atom stereocenters. The van der Waals surface area contributed by atoms with E-state index in [1.165, 1.54) is 0 Å². The molecule has 0 aliphatic heterocycles. The molecule has 0 aliphatic carbocycles. The molecule has 0 saturated carbocycles. The van der Waals surface area contributed by atoms with Crippen LogP contribution in [0.4, 0.5) is 0 Å². The minimum absolute atomic E-state index is 0.214. The van der Waals surface area contributed by atoms with Gasteiger partial charge >= 0.3 is 5.97 Å². The van der Waals surface area contributed by atoms with Gasteiger partial charge in [0.2, 0.25) is 0 Å². The zero-order valence-electron chi connectivity index (χ0n) is 11.1. The minimum Gasteiger partial charge on any atom is -0.466 e. The van der Waals surface area contributed by atoms with Gasteiger partial charge in [-0.2, -0.15) is 0 Å². The summed E-state index contributed by atoms with van der Waals surface area (Å²) < 4.78 is 5.67. The molecule has 2 unspecified atom stereocenters. The van der Waals surface area contributed by atoms with Crippen molar-refractivity contribution in [3.05, 3.63) is 33.8 Å². The molecule has 106 valence electrons. The van der Waals surface area contributed by atoms with Gasteiger partial charge in [0.05, 0.1) is 19.1 Å². The van der Waals surface area contributed by atoms with Crippen molar-refractivity contribution in [1.29, 1.82) is 0 Å². The highest BCUT2D eigenvalue weighted by Crippen LogP contribution is 2.26. The summed E-state index contributed by atoms with van der Waals surface area (Å²) in [5, 5.41) is 20.0. The van der Waals surface area contributed by atoms with E-state index < -0.39 is 18.2 Å². The third-order valence-electron chi connectivity index (χ3n) is 2.85. The maximum absolute atomic E-state index is 11.3. The van der Waals surface area contributed by atoms with Crippen molar-refractivity contribution in [2.24, 2.45) is 0 Å². The van der Waals surface area contributed by atoms with Gasteiger partial charge in [-0.25, -0.2) is 0 Å². The van der Waals surface area contributed by atoms with Gasteiger partial charge in [-0.1, -0.05) is 28.9 Å². The molecule has 1 aromatic carbocycles. The smallest absolute Gasteiger partial charge is 0.308 e. The summed E-state index contributed by atoms with van der Waals surface area (Å²) >= 11 is 3.37. The Labute approximate surface area is 121 Å². The first kappa shape index (κ1) is 16.1. The first-order valence-corrected chi connectivity index (χ1v) is 7.08. The van der Waals surface area contributed by atoms with Crippen molar-refractivity contribution in [3.8, 4) is 0 Å². The average molecular weight is 331 g/mol. The Hall–Kier alpha value is -0.910. The van der Waals surface area contributed by atoms with E-state index in [2.05, 4.69) is 15.9 Å². The van der Waals surface area contributed by atoms with Crippen LogP contribution < -0.4 is 0 Å². The predicted molar refractivity (Wildman–Crippen MR) is 75.7 cm³/mol. The van der Waals surface area contributed by atoms with Gasteiger partial charge in [0.15, 0.2) is 0 Å². The molecule has 19 heavy (non-hydrogen) atoms. The third-order valence-corrected chi connectivity index (χ3v) is 3.34. The first-order chi connectivity index (χ1) is 8.99. The van der Waals surface area contributed by atoms with Crippen molar-refractivity contribution in [2.45, 2.75) is 38.9 Å². The summed E-state index contributed by atoms with van der Waals surface area (Å²) in [6, 6.07) is 5.45. The lowest BCUT2D eigenvalue weighted by atomic mass is 9.96. The molecule has 0 spiro atoms. The maximum Gasteiger partial charge on any atom is 0.308 e. The number of benzene rings is 1. The molecule has 0 aliphatic rings. The Morgan fingerprint density at radius 3 is 2.63 bits per heavy atom. The fraction of sp³-hybridized carbons (Fsp3) is 0.500. The van der Waals surface area contributed by atoms with Gasteiger partial charge in [-0.3, -0.25) is 4.79 Å². The number of hydrogen-bond donors (Lipinski definition) is 2. The van der Waals surface area contributed by atoms with Crippen LogP contribution >= 0.6 is 15.9 Å². The lowest BCUT2D eigenvalue weighted by Crippen LogP contribution is -2.24. The Kier molecular flexibility index (Phi) is 6.48. The van der Waals surface area contributed by atoms with E-state index in [0.717, 1.165) is 16.5 Å². The van der Waals surface area contributed by atoms with Crippen LogP contribution in [0.5, 0.6) is 0 Å². The van der Waals surface area contributed by atoms with Crippen molar-refractivity contribution in [1.82, 2.24) is 0 Å². The molecule has 1 rings (SSSR count). The number of halogens is 1. The predicted octanol–water partition coefficient (Wildman–Crippen LogP) is 2.36. The van der Waals surface area contributed by atoms with E-state index in [1.54, 1.807) is 19.1 Å². The second kappa shape index (κ2) is 7.62. The lowest BCUT2D eigenvalue weighted by Gasteiger charge is -2.20. The van der Waals surface area contributed by atoms with Crippen molar-refractivity contribution >= 4 is 21.9 Å². The van der Waals surface area contributed by atoms with E-state index >= 15 is 0 Å². The topological polar surface area (TPSA) is 66.8 Å². The monoisotopic (exact) mass is 330 g/mol. The molecule has 0 heterocycles. The van der Waals surface area contributed by atoms with E-state index in [1.807, 2.05) is 13.0 Å². The highest BCUT2D eigenvalue weighted by Gasteiger charge is 2.23. The third kappa shape index (κ3) is 4.60. The number of aliphatic hydroxyl groups is 2. The van der Waals surface area contributed by atoms with Crippen molar-refractivity contribution in [3.63, 3.8) is 0 Å². The van der Waals surface area contributed by atoms with Crippen LogP contribution in [0.1, 0.15) is 37.5 Å². The molecule has 4 nitrogen and oxygen atoms in total. The quantitative estimate of drug-likeness (QED) is 0.786. The van der Waals surface area contributed by atoms with Gasteiger partial charge in [0.1, 0.15) is 6.10 Å². The molecule has 0 bridgehead atoms. The molecular weight excluding hydrogens is 312 g/mol. The number of ether oxygens (including phenoxy) is 1. The molecule has 5 heteroatoms. The molecule has 0 fully saturated rings. The molecule has 0 saturated heterocycles. The van der Waals surface area contributed by atoms with Crippen molar-refractivity contribution < 1.29 is 19.7 Å². The number of aryl methyl sites for hydroxylation is 1. The normalized spacial score (nSPS) is 13.9.